The normalized spacial score (nSPS) is 10.9. The zero-order valence-corrected chi connectivity index (χ0v) is 13.5. The van der Waals surface area contributed by atoms with Crippen molar-refractivity contribution in [3.63, 3.8) is 0 Å². The molecule has 0 bridgehead atoms. The van der Waals surface area contributed by atoms with Gasteiger partial charge in [0.2, 0.25) is 15.9 Å². The van der Waals surface area contributed by atoms with E-state index < -0.39 is 10.0 Å². The van der Waals surface area contributed by atoms with E-state index in [0.717, 1.165) is 0 Å². The van der Waals surface area contributed by atoms with E-state index in [4.69, 9.17) is 5.14 Å². The van der Waals surface area contributed by atoms with Gasteiger partial charge in [0.25, 0.3) is 5.91 Å². The number of hydrogen-bond acceptors (Lipinski definition) is 4. The van der Waals surface area contributed by atoms with Crippen LogP contribution in [0, 0.1) is 0 Å². The third-order valence-electron chi connectivity index (χ3n) is 3.19. The van der Waals surface area contributed by atoms with Crippen molar-refractivity contribution in [3.8, 4) is 0 Å². The molecule has 0 heterocycles. The molecule has 2 rings (SSSR count). The lowest BCUT2D eigenvalue weighted by Gasteiger charge is -2.07. The van der Waals surface area contributed by atoms with Crippen molar-refractivity contribution in [1.82, 2.24) is 10.6 Å². The van der Waals surface area contributed by atoms with Gasteiger partial charge in [0.1, 0.15) is 0 Å². The van der Waals surface area contributed by atoms with E-state index in [1.165, 1.54) is 12.1 Å². The van der Waals surface area contributed by atoms with Crippen molar-refractivity contribution in [1.29, 1.82) is 0 Å². The third-order valence-corrected chi connectivity index (χ3v) is 4.12. The maximum Gasteiger partial charge on any atom is 0.251 e. The number of nitrogens with one attached hydrogen (secondary N) is 2. The second-order valence-electron chi connectivity index (χ2n) is 5.01. The molecule has 8 heteroatoms. The van der Waals surface area contributed by atoms with E-state index in [-0.39, 0.29) is 29.8 Å². The quantitative estimate of drug-likeness (QED) is 0.700. The van der Waals surface area contributed by atoms with Gasteiger partial charge in [0.15, 0.2) is 0 Å². The molecule has 7 nitrogen and oxygen atoms in total. The van der Waals surface area contributed by atoms with Crippen LogP contribution in [0.5, 0.6) is 0 Å². The van der Waals surface area contributed by atoms with Crippen LogP contribution in [0.25, 0.3) is 0 Å². The van der Waals surface area contributed by atoms with Crippen LogP contribution in [-0.4, -0.2) is 26.8 Å². The minimum Gasteiger partial charge on any atom is -0.350 e. The van der Waals surface area contributed by atoms with Crippen molar-refractivity contribution in [2.24, 2.45) is 5.14 Å². The van der Waals surface area contributed by atoms with Crippen LogP contribution in [0.4, 0.5) is 0 Å². The van der Waals surface area contributed by atoms with Gasteiger partial charge in [-0.3, -0.25) is 9.59 Å². The molecular formula is C16H17N3O4S. The Bertz CT molecular complexity index is 818. The lowest BCUT2D eigenvalue weighted by Crippen LogP contribution is -2.36. The first-order valence-electron chi connectivity index (χ1n) is 7.08. The molecule has 2 aromatic rings. The second kappa shape index (κ2) is 7.71. The smallest absolute Gasteiger partial charge is 0.251 e. The summed E-state index contributed by atoms with van der Waals surface area (Å²) in [5.74, 6) is -0.682. The monoisotopic (exact) mass is 347 g/mol. The molecular weight excluding hydrogens is 330 g/mol. The molecule has 2 amide bonds. The van der Waals surface area contributed by atoms with Gasteiger partial charge in [-0.25, -0.2) is 13.6 Å². The maximum atomic E-state index is 11.8. The van der Waals surface area contributed by atoms with E-state index in [1.807, 2.05) is 0 Å². The van der Waals surface area contributed by atoms with E-state index in [0.29, 0.717) is 11.1 Å². The number of primary sulfonamides is 1. The van der Waals surface area contributed by atoms with Gasteiger partial charge >= 0.3 is 0 Å². The maximum absolute atomic E-state index is 11.8. The largest absolute Gasteiger partial charge is 0.350 e. The van der Waals surface area contributed by atoms with Crippen LogP contribution >= 0.6 is 0 Å². The number of carbonyl (C=O) groups excluding carboxylic acids is 2. The highest BCUT2D eigenvalue weighted by molar-refractivity contribution is 7.89. The Kier molecular flexibility index (Phi) is 5.67. The molecule has 0 saturated carbocycles. The van der Waals surface area contributed by atoms with Crippen molar-refractivity contribution in [3.05, 3.63) is 65.7 Å². The highest BCUT2D eigenvalue weighted by Crippen LogP contribution is 2.08. The predicted molar refractivity (Wildman–Crippen MR) is 88.4 cm³/mol. The molecule has 0 atom stereocenters. The lowest BCUT2D eigenvalue weighted by molar-refractivity contribution is -0.120. The summed E-state index contributed by atoms with van der Waals surface area (Å²) in [6.07, 6.45) is 0. The molecule has 0 saturated heterocycles. The van der Waals surface area contributed by atoms with Crippen LogP contribution in [0.1, 0.15) is 15.9 Å². The molecule has 0 aromatic heterocycles. The van der Waals surface area contributed by atoms with Crippen LogP contribution in [0.2, 0.25) is 0 Å². The van der Waals surface area contributed by atoms with Crippen LogP contribution in [0.3, 0.4) is 0 Å². The Labute approximate surface area is 139 Å². The summed E-state index contributed by atoms with van der Waals surface area (Å²) in [5, 5.41) is 10.2. The highest BCUT2D eigenvalue weighted by atomic mass is 32.2. The molecule has 24 heavy (non-hydrogen) atoms. The highest BCUT2D eigenvalue weighted by Gasteiger charge is 2.09. The molecule has 0 aliphatic carbocycles. The molecule has 0 aliphatic rings. The van der Waals surface area contributed by atoms with E-state index in [1.54, 1.807) is 42.5 Å². The molecule has 0 fully saturated rings. The summed E-state index contributed by atoms with van der Waals surface area (Å²) in [6.45, 7) is 0.0634. The Hall–Kier alpha value is -2.71. The van der Waals surface area contributed by atoms with Gasteiger partial charge in [-0.1, -0.05) is 30.3 Å². The summed E-state index contributed by atoms with van der Waals surface area (Å²) >= 11 is 0. The second-order valence-corrected chi connectivity index (χ2v) is 6.58. The molecule has 4 N–H and O–H groups in total. The minimum absolute atomic E-state index is 0.00713. The number of hydrogen-bond donors (Lipinski definition) is 3. The van der Waals surface area contributed by atoms with E-state index in [9.17, 15) is 18.0 Å². The summed E-state index contributed by atoms with van der Waals surface area (Å²) in [5.41, 5.74) is 1.19. The van der Waals surface area contributed by atoms with Gasteiger partial charge < -0.3 is 10.6 Å². The zero-order chi connectivity index (χ0) is 17.6. The van der Waals surface area contributed by atoms with Gasteiger partial charge in [-0.2, -0.15) is 0 Å². The Morgan fingerprint density at radius 3 is 2.12 bits per heavy atom. The number of rotatable bonds is 6. The molecule has 0 aliphatic heterocycles. The average molecular weight is 347 g/mol. The number of nitrogens with two attached hydrogens (primary N) is 1. The van der Waals surface area contributed by atoms with E-state index >= 15 is 0 Å². The average Bonchev–Trinajstić information content (AvgIpc) is 2.58. The Morgan fingerprint density at radius 2 is 1.54 bits per heavy atom. The van der Waals surface area contributed by atoms with Gasteiger partial charge in [0, 0.05) is 12.1 Å². The molecule has 0 unspecified atom stereocenters. The molecule has 2 aromatic carbocycles. The minimum atomic E-state index is -3.73. The summed E-state index contributed by atoms with van der Waals surface area (Å²) in [4.78, 5) is 23.5. The topological polar surface area (TPSA) is 118 Å². The van der Waals surface area contributed by atoms with Gasteiger partial charge in [-0.15, -0.1) is 0 Å². The predicted octanol–water partition coefficient (Wildman–Crippen LogP) is 0.380. The lowest BCUT2D eigenvalue weighted by atomic mass is 10.2. The number of carbonyl (C=O) groups is 2. The van der Waals surface area contributed by atoms with E-state index in [2.05, 4.69) is 10.6 Å². The SMILES string of the molecule is NS(=O)(=O)c1ccc(CNC(=O)CNC(=O)c2ccccc2)cc1. The third kappa shape index (κ3) is 5.18. The standard InChI is InChI=1S/C16H17N3O4S/c17-24(22,23)14-8-6-12(7-9-14)10-18-15(20)11-19-16(21)13-4-2-1-3-5-13/h1-9H,10-11H2,(H,18,20)(H,19,21)(H2,17,22,23). The fourth-order valence-electron chi connectivity index (χ4n) is 1.91. The summed E-state index contributed by atoms with van der Waals surface area (Å²) in [7, 11) is -3.73. The first-order chi connectivity index (χ1) is 11.4. The summed E-state index contributed by atoms with van der Waals surface area (Å²) < 4.78 is 22.3. The molecule has 126 valence electrons. The number of benzene rings is 2. The number of amides is 2. The first-order valence-corrected chi connectivity index (χ1v) is 8.62. The van der Waals surface area contributed by atoms with Crippen molar-refractivity contribution in [2.45, 2.75) is 11.4 Å². The Balaban J connectivity index is 1.80. The Morgan fingerprint density at radius 1 is 0.917 bits per heavy atom. The molecule has 0 spiro atoms. The van der Waals surface area contributed by atoms with Crippen molar-refractivity contribution < 1.29 is 18.0 Å². The van der Waals surface area contributed by atoms with Crippen LogP contribution in [0.15, 0.2) is 59.5 Å². The first kappa shape index (κ1) is 17.6. The fourth-order valence-corrected chi connectivity index (χ4v) is 2.43. The van der Waals surface area contributed by atoms with Gasteiger partial charge in [0.05, 0.1) is 11.4 Å². The van der Waals surface area contributed by atoms with Gasteiger partial charge in [-0.05, 0) is 29.8 Å². The van der Waals surface area contributed by atoms with Crippen molar-refractivity contribution >= 4 is 21.8 Å². The molecule has 0 radical (unpaired) electrons. The van der Waals surface area contributed by atoms with Crippen LogP contribution < -0.4 is 15.8 Å². The van der Waals surface area contributed by atoms with Crippen LogP contribution in [-0.2, 0) is 21.4 Å². The zero-order valence-electron chi connectivity index (χ0n) is 12.7. The van der Waals surface area contributed by atoms with Crippen molar-refractivity contribution in [2.75, 3.05) is 6.54 Å². The fraction of sp³-hybridized carbons (Fsp3) is 0.125. The summed E-state index contributed by atoms with van der Waals surface area (Å²) in [6, 6.07) is 14.4. The number of sulfonamides is 1.